The monoisotopic (exact) mass is 474 g/mol. The van der Waals surface area contributed by atoms with E-state index < -0.39 is 48.4 Å². The van der Waals surface area contributed by atoms with Gasteiger partial charge in [-0.05, 0) is 24.0 Å². The number of ether oxygens (including phenoxy) is 2. The van der Waals surface area contributed by atoms with Gasteiger partial charge in [0.05, 0.1) is 18.3 Å². The first kappa shape index (κ1) is 25.5. The average molecular weight is 475 g/mol. The van der Waals surface area contributed by atoms with Crippen LogP contribution in [0, 0.1) is 23.2 Å². The van der Waals surface area contributed by atoms with Crippen LogP contribution in [0.2, 0.25) is 0 Å². The number of nitrogens with one attached hydrogen (secondary N) is 1. The first-order valence-corrected chi connectivity index (χ1v) is 11.0. The smallest absolute Gasteiger partial charge is 0.306 e. The number of nitriles is 1. The van der Waals surface area contributed by atoms with Crippen LogP contribution < -0.4 is 11.1 Å². The molecule has 1 amide bonds. The largest absolute Gasteiger partial charge is 0.457 e. The number of amides is 1. The molecular weight excluding hydrogens is 444 g/mol. The molecule has 3 rings (SSSR count). The second-order valence-electron chi connectivity index (χ2n) is 9.07. The summed E-state index contributed by atoms with van der Waals surface area (Å²) in [6.45, 7) is 6.71. The molecule has 3 heterocycles. The van der Waals surface area contributed by atoms with Crippen molar-refractivity contribution in [3.63, 3.8) is 0 Å². The number of aromatic nitrogens is 3. The summed E-state index contributed by atoms with van der Waals surface area (Å²) in [5, 5.41) is 37.8. The maximum atomic E-state index is 12.4. The third-order valence-electron chi connectivity index (χ3n) is 5.72. The minimum Gasteiger partial charge on any atom is -0.457 e. The van der Waals surface area contributed by atoms with Crippen LogP contribution in [0.25, 0.3) is 5.52 Å². The number of nitrogens with zero attached hydrogens (tertiary/aromatic N) is 4. The number of rotatable bonds is 8. The van der Waals surface area contributed by atoms with Crippen LogP contribution >= 0.6 is 0 Å². The summed E-state index contributed by atoms with van der Waals surface area (Å²) in [6, 6.07) is 4.23. The maximum Gasteiger partial charge on any atom is 0.306 e. The second kappa shape index (κ2) is 10.0. The van der Waals surface area contributed by atoms with Gasteiger partial charge in [-0.3, -0.25) is 9.59 Å². The molecule has 2 aromatic rings. The lowest BCUT2D eigenvalue weighted by Crippen LogP contribution is -2.43. The minimum absolute atomic E-state index is 0.0176. The predicted octanol–water partition coefficient (Wildman–Crippen LogP) is 0.0799. The summed E-state index contributed by atoms with van der Waals surface area (Å²) in [4.78, 5) is 28.8. The standard InChI is InChI=1S/C22H30N6O6/c1-11(2)7-16(30)33-18-14(8-29)34-22(9-23,19(18)31)15-6-5-13-20(25-10-26-28(13)15)27-21(32)17(24)12(3)4/h5-6,10-12,14,17-19,29,31H,7-8,24H2,1-4H3,(H,25,26,27,32)/t14-,17+,18-,19-,22+/m1/s1. The maximum absolute atomic E-state index is 12.4. The van der Waals surface area contributed by atoms with Crippen molar-refractivity contribution < 1.29 is 29.3 Å². The normalized spacial score (nSPS) is 25.5. The molecule has 5 atom stereocenters. The van der Waals surface area contributed by atoms with Crippen molar-refractivity contribution >= 4 is 23.2 Å². The number of esters is 1. The van der Waals surface area contributed by atoms with E-state index in [4.69, 9.17) is 15.2 Å². The Hall–Kier alpha value is -3.11. The highest BCUT2D eigenvalue weighted by atomic mass is 16.6. The number of carbonyl (C=O) groups is 2. The third-order valence-corrected chi connectivity index (χ3v) is 5.72. The number of aliphatic hydroxyl groups excluding tert-OH is 2. The Bertz CT molecular complexity index is 1100. The molecule has 1 aliphatic heterocycles. The molecule has 1 aliphatic rings. The molecule has 0 aliphatic carbocycles. The van der Waals surface area contributed by atoms with Crippen molar-refractivity contribution in [2.75, 3.05) is 11.9 Å². The van der Waals surface area contributed by atoms with E-state index >= 15 is 0 Å². The van der Waals surface area contributed by atoms with Gasteiger partial charge in [-0.25, -0.2) is 9.50 Å². The molecule has 0 bridgehead atoms. The first-order valence-electron chi connectivity index (χ1n) is 11.0. The number of hydrogen-bond acceptors (Lipinski definition) is 10. The Morgan fingerprint density at radius 3 is 2.68 bits per heavy atom. The summed E-state index contributed by atoms with van der Waals surface area (Å²) in [7, 11) is 0. The molecule has 5 N–H and O–H groups in total. The Morgan fingerprint density at radius 2 is 2.09 bits per heavy atom. The SMILES string of the molecule is CC(C)CC(=O)O[C@H]1[C@@H](O)[C@](C#N)(c2ccc3c(NC(=O)[C@@H](N)C(C)C)ncnn23)O[C@@H]1CO. The van der Waals surface area contributed by atoms with Crippen LogP contribution in [0.15, 0.2) is 18.5 Å². The molecule has 34 heavy (non-hydrogen) atoms. The van der Waals surface area contributed by atoms with Crippen molar-refractivity contribution in [2.24, 2.45) is 17.6 Å². The lowest BCUT2D eigenvalue weighted by Gasteiger charge is -2.25. The molecule has 1 saturated heterocycles. The van der Waals surface area contributed by atoms with Gasteiger partial charge in [0.25, 0.3) is 0 Å². The molecular formula is C22H30N6O6. The Labute approximate surface area is 196 Å². The Morgan fingerprint density at radius 1 is 1.38 bits per heavy atom. The zero-order chi connectivity index (χ0) is 25.2. The number of fused-ring (bicyclic) bond motifs is 1. The lowest BCUT2D eigenvalue weighted by molar-refractivity contribution is -0.157. The average Bonchev–Trinajstić information content (AvgIpc) is 3.33. The second-order valence-corrected chi connectivity index (χ2v) is 9.07. The van der Waals surface area contributed by atoms with Gasteiger partial charge in [-0.1, -0.05) is 27.7 Å². The summed E-state index contributed by atoms with van der Waals surface area (Å²) in [5.41, 5.74) is 4.34. The molecule has 0 unspecified atom stereocenters. The van der Waals surface area contributed by atoms with Crippen molar-refractivity contribution in [1.29, 1.82) is 5.26 Å². The Kier molecular flexibility index (Phi) is 7.52. The van der Waals surface area contributed by atoms with E-state index in [9.17, 15) is 25.1 Å². The quantitative estimate of drug-likeness (QED) is 0.382. The van der Waals surface area contributed by atoms with E-state index in [0.717, 1.165) is 0 Å². The van der Waals surface area contributed by atoms with Crippen molar-refractivity contribution in [1.82, 2.24) is 14.6 Å². The van der Waals surface area contributed by atoms with Crippen LogP contribution in [-0.2, 0) is 24.7 Å². The highest BCUT2D eigenvalue weighted by molar-refractivity contribution is 5.97. The van der Waals surface area contributed by atoms with Crippen LogP contribution in [0.1, 0.15) is 39.8 Å². The van der Waals surface area contributed by atoms with Crippen molar-refractivity contribution in [2.45, 2.75) is 64.1 Å². The summed E-state index contributed by atoms with van der Waals surface area (Å²) in [6.07, 6.45) is -2.76. The number of carbonyl (C=O) groups excluding carboxylic acids is 2. The van der Waals surface area contributed by atoms with E-state index in [1.807, 2.05) is 33.8 Å². The minimum atomic E-state index is -2.01. The van der Waals surface area contributed by atoms with Crippen LogP contribution in [0.5, 0.6) is 0 Å². The topological polar surface area (TPSA) is 185 Å². The highest BCUT2D eigenvalue weighted by Crippen LogP contribution is 2.41. The van der Waals surface area contributed by atoms with Gasteiger partial charge >= 0.3 is 5.97 Å². The molecule has 12 heteroatoms. The molecule has 0 spiro atoms. The number of hydrogen-bond donors (Lipinski definition) is 4. The molecule has 0 aromatic carbocycles. The molecule has 2 aromatic heterocycles. The molecule has 1 fully saturated rings. The summed E-state index contributed by atoms with van der Waals surface area (Å²) < 4.78 is 12.5. The summed E-state index contributed by atoms with van der Waals surface area (Å²) in [5.74, 6) is -0.952. The number of nitrogens with two attached hydrogens (primary N) is 1. The number of aliphatic hydroxyl groups is 2. The summed E-state index contributed by atoms with van der Waals surface area (Å²) >= 11 is 0. The molecule has 0 radical (unpaired) electrons. The fraction of sp³-hybridized carbons (Fsp3) is 0.591. The van der Waals surface area contributed by atoms with Gasteiger partial charge in [0.1, 0.15) is 30.1 Å². The van der Waals surface area contributed by atoms with Crippen molar-refractivity contribution in [3.8, 4) is 6.07 Å². The molecule has 12 nitrogen and oxygen atoms in total. The van der Waals surface area contributed by atoms with Crippen LogP contribution in [0.3, 0.4) is 0 Å². The molecule has 0 saturated carbocycles. The third kappa shape index (κ3) is 4.60. The lowest BCUT2D eigenvalue weighted by atomic mass is 9.92. The van der Waals surface area contributed by atoms with Gasteiger partial charge in [0.2, 0.25) is 11.5 Å². The highest BCUT2D eigenvalue weighted by Gasteiger charge is 2.59. The van der Waals surface area contributed by atoms with Crippen LogP contribution in [-0.4, -0.2) is 67.6 Å². The Balaban J connectivity index is 1.98. The number of anilines is 1. The van der Waals surface area contributed by atoms with E-state index in [2.05, 4.69) is 15.4 Å². The van der Waals surface area contributed by atoms with Crippen LogP contribution in [0.4, 0.5) is 5.82 Å². The van der Waals surface area contributed by atoms with E-state index in [1.165, 1.54) is 16.9 Å². The van der Waals surface area contributed by atoms with E-state index in [-0.39, 0.29) is 29.8 Å². The van der Waals surface area contributed by atoms with Gasteiger partial charge in [-0.2, -0.15) is 10.4 Å². The fourth-order valence-corrected chi connectivity index (χ4v) is 3.80. The van der Waals surface area contributed by atoms with Gasteiger partial charge in [-0.15, -0.1) is 0 Å². The first-order chi connectivity index (χ1) is 16.0. The fourth-order valence-electron chi connectivity index (χ4n) is 3.80. The van der Waals surface area contributed by atoms with Crippen molar-refractivity contribution in [3.05, 3.63) is 24.2 Å². The van der Waals surface area contributed by atoms with Gasteiger partial charge in [0, 0.05) is 6.42 Å². The zero-order valence-corrected chi connectivity index (χ0v) is 19.5. The van der Waals surface area contributed by atoms with Gasteiger partial charge in [0.15, 0.2) is 11.9 Å². The van der Waals surface area contributed by atoms with E-state index in [1.54, 1.807) is 6.07 Å². The van der Waals surface area contributed by atoms with E-state index in [0.29, 0.717) is 5.52 Å². The molecule has 184 valence electrons. The van der Waals surface area contributed by atoms with Gasteiger partial charge < -0.3 is 30.7 Å². The zero-order valence-electron chi connectivity index (χ0n) is 19.5. The predicted molar refractivity (Wildman–Crippen MR) is 119 cm³/mol.